The molecular formula is C12H16Br2N2O3S. The van der Waals surface area contributed by atoms with Gasteiger partial charge in [0, 0.05) is 8.95 Å². The third-order valence-corrected chi connectivity index (χ3v) is 6.56. The van der Waals surface area contributed by atoms with Crippen molar-refractivity contribution in [3.63, 3.8) is 0 Å². The van der Waals surface area contributed by atoms with Crippen LogP contribution in [0, 0.1) is 0 Å². The van der Waals surface area contributed by atoms with Gasteiger partial charge < -0.3 is 10.8 Å². The van der Waals surface area contributed by atoms with Crippen LogP contribution in [0.5, 0.6) is 0 Å². The van der Waals surface area contributed by atoms with Crippen molar-refractivity contribution in [2.75, 3.05) is 12.3 Å². The quantitative estimate of drug-likeness (QED) is 0.643. The lowest BCUT2D eigenvalue weighted by Crippen LogP contribution is -2.49. The SMILES string of the molecule is Nc1cc(Br)cc(Br)c1S(=O)(=O)NC1(CO)CCCC1. The van der Waals surface area contributed by atoms with E-state index in [0.29, 0.717) is 21.8 Å². The van der Waals surface area contributed by atoms with Crippen LogP contribution in [0.2, 0.25) is 0 Å². The second-order valence-electron chi connectivity index (χ2n) is 5.06. The highest BCUT2D eigenvalue weighted by atomic mass is 79.9. The Morgan fingerprint density at radius 1 is 1.30 bits per heavy atom. The van der Waals surface area contributed by atoms with Gasteiger partial charge in [-0.1, -0.05) is 28.8 Å². The molecule has 112 valence electrons. The summed E-state index contributed by atoms with van der Waals surface area (Å²) >= 11 is 6.49. The summed E-state index contributed by atoms with van der Waals surface area (Å²) in [4.78, 5) is 0.0143. The molecular weight excluding hydrogens is 412 g/mol. The Labute approximate surface area is 135 Å². The van der Waals surface area contributed by atoms with Gasteiger partial charge in [-0.15, -0.1) is 0 Å². The van der Waals surface area contributed by atoms with Crippen LogP contribution >= 0.6 is 31.9 Å². The van der Waals surface area contributed by atoms with Gasteiger partial charge in [-0.3, -0.25) is 0 Å². The van der Waals surface area contributed by atoms with Crippen LogP contribution < -0.4 is 10.5 Å². The van der Waals surface area contributed by atoms with Gasteiger partial charge in [0.25, 0.3) is 0 Å². The van der Waals surface area contributed by atoms with E-state index in [1.54, 1.807) is 12.1 Å². The van der Waals surface area contributed by atoms with E-state index in [-0.39, 0.29) is 17.2 Å². The average molecular weight is 428 g/mol. The lowest BCUT2D eigenvalue weighted by molar-refractivity contribution is 0.185. The minimum absolute atomic E-state index is 0.0143. The van der Waals surface area contributed by atoms with E-state index < -0.39 is 15.6 Å². The third kappa shape index (κ3) is 3.19. The molecule has 0 heterocycles. The molecule has 2 rings (SSSR count). The summed E-state index contributed by atoms with van der Waals surface area (Å²) in [7, 11) is -3.80. The van der Waals surface area contributed by atoms with Crippen LogP contribution in [-0.2, 0) is 10.0 Å². The fourth-order valence-corrected chi connectivity index (χ4v) is 6.07. The molecule has 0 radical (unpaired) electrons. The van der Waals surface area contributed by atoms with Gasteiger partial charge in [0.2, 0.25) is 10.0 Å². The minimum Gasteiger partial charge on any atom is -0.398 e. The number of anilines is 1. The number of aliphatic hydroxyl groups excluding tert-OH is 1. The normalized spacial score (nSPS) is 18.4. The molecule has 0 aliphatic heterocycles. The molecule has 1 aromatic carbocycles. The van der Waals surface area contributed by atoms with Crippen molar-refractivity contribution in [3.05, 3.63) is 21.1 Å². The summed E-state index contributed by atoms with van der Waals surface area (Å²) in [5, 5.41) is 9.53. The number of hydrogen-bond acceptors (Lipinski definition) is 4. The van der Waals surface area contributed by atoms with Gasteiger partial charge in [-0.25, -0.2) is 13.1 Å². The molecule has 0 saturated heterocycles. The van der Waals surface area contributed by atoms with Crippen molar-refractivity contribution in [1.82, 2.24) is 4.72 Å². The van der Waals surface area contributed by atoms with E-state index in [2.05, 4.69) is 36.6 Å². The maximum atomic E-state index is 12.6. The molecule has 1 aliphatic rings. The summed E-state index contributed by atoms with van der Waals surface area (Å²) in [6.07, 6.45) is 3.08. The summed E-state index contributed by atoms with van der Waals surface area (Å²) in [5.41, 5.74) is 5.22. The van der Waals surface area contributed by atoms with Crippen LogP contribution in [0.1, 0.15) is 25.7 Å². The highest BCUT2D eigenvalue weighted by Gasteiger charge is 2.38. The molecule has 0 unspecified atom stereocenters. The molecule has 20 heavy (non-hydrogen) atoms. The first kappa shape index (κ1) is 16.2. The third-order valence-electron chi connectivity index (χ3n) is 3.52. The first-order valence-corrected chi connectivity index (χ1v) is 9.26. The van der Waals surface area contributed by atoms with Crippen LogP contribution in [0.15, 0.2) is 26.0 Å². The van der Waals surface area contributed by atoms with Crippen LogP contribution in [0.4, 0.5) is 5.69 Å². The standard InChI is InChI=1S/C12H16Br2N2O3S/c13-8-5-9(14)11(10(15)6-8)20(18,19)16-12(7-17)3-1-2-4-12/h5-6,16-17H,1-4,7,15H2. The number of halogens is 2. The molecule has 8 heteroatoms. The summed E-state index contributed by atoms with van der Waals surface area (Å²) < 4.78 is 28.8. The molecule has 0 amide bonds. The fraction of sp³-hybridized carbons (Fsp3) is 0.500. The molecule has 0 atom stereocenters. The van der Waals surface area contributed by atoms with Crippen LogP contribution in [0.3, 0.4) is 0 Å². The summed E-state index contributed by atoms with van der Waals surface area (Å²) in [6.45, 7) is -0.208. The Balaban J connectivity index is 2.41. The molecule has 1 aromatic rings. The van der Waals surface area contributed by atoms with Gasteiger partial charge in [0.1, 0.15) is 4.90 Å². The average Bonchev–Trinajstić information content (AvgIpc) is 2.75. The first-order chi connectivity index (χ1) is 9.30. The molecule has 0 bridgehead atoms. The summed E-state index contributed by atoms with van der Waals surface area (Å²) in [6, 6.07) is 3.17. The van der Waals surface area contributed by atoms with Crippen molar-refractivity contribution in [1.29, 1.82) is 0 Å². The lowest BCUT2D eigenvalue weighted by atomic mass is 10.0. The topological polar surface area (TPSA) is 92.4 Å². The zero-order valence-corrected chi connectivity index (χ0v) is 14.7. The Kier molecular flexibility index (Phi) is 4.80. The number of sulfonamides is 1. The first-order valence-electron chi connectivity index (χ1n) is 6.19. The molecule has 1 saturated carbocycles. The predicted octanol–water partition coefficient (Wildman–Crippen LogP) is 2.38. The zero-order chi connectivity index (χ0) is 15.0. The number of benzene rings is 1. The second-order valence-corrected chi connectivity index (χ2v) is 8.45. The number of nitrogens with one attached hydrogen (secondary N) is 1. The van der Waals surface area contributed by atoms with Crippen molar-refractivity contribution in [3.8, 4) is 0 Å². The fourth-order valence-electron chi connectivity index (χ4n) is 2.54. The second kappa shape index (κ2) is 5.92. The van der Waals surface area contributed by atoms with Gasteiger partial charge in [-0.05, 0) is 40.9 Å². The molecule has 0 aromatic heterocycles. The van der Waals surface area contributed by atoms with E-state index in [1.165, 1.54) is 0 Å². The number of aliphatic hydroxyl groups is 1. The zero-order valence-electron chi connectivity index (χ0n) is 10.7. The largest absolute Gasteiger partial charge is 0.398 e. The van der Waals surface area contributed by atoms with E-state index in [4.69, 9.17) is 5.73 Å². The Morgan fingerprint density at radius 3 is 2.40 bits per heavy atom. The monoisotopic (exact) mass is 426 g/mol. The molecule has 4 N–H and O–H groups in total. The van der Waals surface area contributed by atoms with Crippen molar-refractivity contribution in [2.24, 2.45) is 0 Å². The van der Waals surface area contributed by atoms with E-state index in [1.807, 2.05) is 0 Å². The van der Waals surface area contributed by atoms with E-state index in [9.17, 15) is 13.5 Å². The molecule has 5 nitrogen and oxygen atoms in total. The van der Waals surface area contributed by atoms with Gasteiger partial charge >= 0.3 is 0 Å². The van der Waals surface area contributed by atoms with E-state index >= 15 is 0 Å². The smallest absolute Gasteiger partial charge is 0.244 e. The van der Waals surface area contributed by atoms with Crippen molar-refractivity contribution < 1.29 is 13.5 Å². The maximum Gasteiger partial charge on any atom is 0.244 e. The van der Waals surface area contributed by atoms with Gasteiger partial charge in [0.15, 0.2) is 0 Å². The molecule has 0 spiro atoms. The number of nitrogens with two attached hydrogens (primary N) is 1. The van der Waals surface area contributed by atoms with Gasteiger partial charge in [-0.2, -0.15) is 0 Å². The Bertz CT molecular complexity index is 590. The Morgan fingerprint density at radius 2 is 1.90 bits per heavy atom. The highest BCUT2D eigenvalue weighted by Crippen LogP contribution is 2.35. The van der Waals surface area contributed by atoms with Crippen LogP contribution in [-0.4, -0.2) is 25.7 Å². The van der Waals surface area contributed by atoms with Crippen molar-refractivity contribution in [2.45, 2.75) is 36.1 Å². The number of rotatable bonds is 4. The number of nitrogen functional groups attached to an aromatic ring is 1. The van der Waals surface area contributed by atoms with Gasteiger partial charge in [0.05, 0.1) is 17.8 Å². The molecule has 1 fully saturated rings. The predicted molar refractivity (Wildman–Crippen MR) is 84.9 cm³/mol. The highest BCUT2D eigenvalue weighted by molar-refractivity contribution is 9.11. The summed E-state index contributed by atoms with van der Waals surface area (Å²) in [5.74, 6) is 0. The lowest BCUT2D eigenvalue weighted by Gasteiger charge is -2.28. The molecule has 1 aliphatic carbocycles. The maximum absolute atomic E-state index is 12.6. The van der Waals surface area contributed by atoms with E-state index in [0.717, 1.165) is 12.8 Å². The van der Waals surface area contributed by atoms with Crippen LogP contribution in [0.25, 0.3) is 0 Å². The minimum atomic E-state index is -3.80. The Hall–Kier alpha value is -0.150. The number of hydrogen-bond donors (Lipinski definition) is 3. The van der Waals surface area contributed by atoms with Crippen molar-refractivity contribution >= 4 is 47.6 Å².